The second-order valence-corrected chi connectivity index (χ2v) is 6.73. The zero-order valence-corrected chi connectivity index (χ0v) is 18.0. The molecule has 0 amide bonds. The summed E-state index contributed by atoms with van der Waals surface area (Å²) in [5.41, 5.74) is 1.07. The van der Waals surface area contributed by atoms with Crippen LogP contribution in [0.4, 0.5) is 8.78 Å². The maximum Gasteiger partial charge on any atom is 0.338 e. The number of hydrogen-bond acceptors (Lipinski definition) is 6. The van der Waals surface area contributed by atoms with Crippen molar-refractivity contribution in [3.63, 3.8) is 0 Å². The van der Waals surface area contributed by atoms with E-state index in [2.05, 4.69) is 13.2 Å². The largest absolute Gasteiger partial charge is 0.462 e. The van der Waals surface area contributed by atoms with Crippen LogP contribution in [0.15, 0.2) is 91.8 Å². The zero-order chi connectivity index (χ0) is 24.4. The lowest BCUT2D eigenvalue weighted by molar-refractivity contribution is -0.134. The zero-order valence-electron chi connectivity index (χ0n) is 18.0. The molecule has 0 N–H and O–H groups in total. The van der Waals surface area contributed by atoms with Crippen LogP contribution in [0.3, 0.4) is 0 Å². The highest BCUT2D eigenvalue weighted by molar-refractivity contribution is 5.87. The van der Waals surface area contributed by atoms with Gasteiger partial charge in [-0.3, -0.25) is 0 Å². The number of halogens is 2. The van der Waals surface area contributed by atoms with Crippen LogP contribution in [-0.2, 0) is 19.1 Å². The predicted octanol–water partition coefficient (Wildman–Crippen LogP) is 6.23. The van der Waals surface area contributed by atoms with Gasteiger partial charge in [-0.15, -0.1) is 0 Å². The van der Waals surface area contributed by atoms with Gasteiger partial charge in [0.1, 0.15) is 36.5 Å². The van der Waals surface area contributed by atoms with Crippen molar-refractivity contribution in [3.05, 3.63) is 97.4 Å². The Balaban J connectivity index is 2.08. The van der Waals surface area contributed by atoms with E-state index in [1.165, 1.54) is 38.3 Å². The summed E-state index contributed by atoms with van der Waals surface area (Å²) in [4.78, 5) is 22.6. The molecular formula is C25H22F2O6. The molecule has 0 fully saturated rings. The minimum atomic E-state index is -2.75. The number of hydrogen-bond donors (Lipinski definition) is 0. The smallest absolute Gasteiger partial charge is 0.338 e. The van der Waals surface area contributed by atoms with Gasteiger partial charge in [0, 0.05) is 16.7 Å². The Morgan fingerprint density at radius 3 is 1.76 bits per heavy atom. The van der Waals surface area contributed by atoms with Crippen molar-refractivity contribution in [2.24, 2.45) is 0 Å². The second-order valence-electron chi connectivity index (χ2n) is 6.73. The first kappa shape index (κ1) is 25.1. The number of esters is 2. The summed E-state index contributed by atoms with van der Waals surface area (Å²) in [5, 5.41) is 0. The fourth-order valence-electron chi connectivity index (χ4n) is 2.36. The number of ether oxygens (including phenoxy) is 4. The molecule has 8 heteroatoms. The van der Waals surface area contributed by atoms with Crippen molar-refractivity contribution < 1.29 is 37.3 Å². The molecule has 0 saturated carbocycles. The van der Waals surface area contributed by atoms with Crippen molar-refractivity contribution in [1.82, 2.24) is 0 Å². The highest BCUT2D eigenvalue weighted by Crippen LogP contribution is 2.34. The van der Waals surface area contributed by atoms with Gasteiger partial charge in [0.05, 0.1) is 0 Å². The topological polar surface area (TPSA) is 71.1 Å². The Labute approximate surface area is 190 Å². The molecule has 0 radical (unpaired) electrons. The SMILES string of the molecule is C=C(C)C(=O)O/C=C\Oc1ccc(-c2ccc(O/C=C\OC(=O)C(=C)C)cc2C(F)F)cc1. The monoisotopic (exact) mass is 456 g/mol. The van der Waals surface area contributed by atoms with Crippen LogP contribution in [-0.4, -0.2) is 11.9 Å². The molecule has 6 nitrogen and oxygen atoms in total. The summed E-state index contributed by atoms with van der Waals surface area (Å²) < 4.78 is 47.3. The van der Waals surface area contributed by atoms with Crippen LogP contribution in [0.25, 0.3) is 11.1 Å². The number of benzene rings is 2. The molecular weight excluding hydrogens is 434 g/mol. The fourth-order valence-corrected chi connectivity index (χ4v) is 2.36. The van der Waals surface area contributed by atoms with E-state index in [9.17, 15) is 18.4 Å². The van der Waals surface area contributed by atoms with Crippen molar-refractivity contribution in [3.8, 4) is 22.6 Å². The molecule has 0 atom stereocenters. The lowest BCUT2D eigenvalue weighted by atomic mass is 9.99. The maximum atomic E-state index is 13.6. The lowest BCUT2D eigenvalue weighted by Crippen LogP contribution is -1.99. The summed E-state index contributed by atoms with van der Waals surface area (Å²) >= 11 is 0. The summed E-state index contributed by atoms with van der Waals surface area (Å²) in [6.45, 7) is 9.89. The second kappa shape index (κ2) is 12.0. The van der Waals surface area contributed by atoms with E-state index < -0.39 is 18.4 Å². The van der Waals surface area contributed by atoms with Gasteiger partial charge in [-0.05, 0) is 49.2 Å². The van der Waals surface area contributed by atoms with Gasteiger partial charge in [0.2, 0.25) is 0 Å². The molecule has 0 saturated heterocycles. The van der Waals surface area contributed by atoms with Crippen LogP contribution in [0, 0.1) is 0 Å². The number of alkyl halides is 2. The Morgan fingerprint density at radius 1 is 0.788 bits per heavy atom. The van der Waals surface area contributed by atoms with Gasteiger partial charge in [-0.2, -0.15) is 0 Å². The Bertz CT molecular complexity index is 1080. The van der Waals surface area contributed by atoms with Crippen LogP contribution >= 0.6 is 0 Å². The van der Waals surface area contributed by atoms with Gasteiger partial charge in [-0.25, -0.2) is 18.4 Å². The van der Waals surface area contributed by atoms with E-state index in [1.54, 1.807) is 24.3 Å². The van der Waals surface area contributed by atoms with Gasteiger partial charge in [0.25, 0.3) is 6.43 Å². The minimum absolute atomic E-state index is 0.145. The van der Waals surface area contributed by atoms with Crippen molar-refractivity contribution in [2.45, 2.75) is 20.3 Å². The molecule has 2 rings (SSSR count). The summed E-state index contributed by atoms with van der Waals surface area (Å²) in [6.07, 6.45) is 1.56. The Morgan fingerprint density at radius 2 is 1.27 bits per heavy atom. The molecule has 0 unspecified atom stereocenters. The standard InChI is InChI=1S/C25H22F2O6/c1-16(2)24(28)32-13-11-30-19-7-5-18(6-8-19)21-10-9-20(15-22(21)23(26)27)31-12-14-33-25(29)17(3)4/h5-15,23H,1,3H2,2,4H3/b13-11-,14-12-. The molecule has 0 heterocycles. The first-order chi connectivity index (χ1) is 15.7. The van der Waals surface area contributed by atoms with Crippen LogP contribution in [0.1, 0.15) is 25.8 Å². The highest BCUT2D eigenvalue weighted by Gasteiger charge is 2.16. The Hall–Kier alpha value is -4.20. The molecule has 172 valence electrons. The average molecular weight is 456 g/mol. The summed E-state index contributed by atoms with van der Waals surface area (Å²) in [7, 11) is 0. The van der Waals surface area contributed by atoms with Crippen LogP contribution in [0.5, 0.6) is 11.5 Å². The molecule has 2 aromatic carbocycles. The summed E-state index contributed by atoms with van der Waals surface area (Å²) in [6, 6.07) is 10.6. The molecule has 0 aliphatic rings. The first-order valence-electron chi connectivity index (χ1n) is 9.58. The van der Waals surface area contributed by atoms with Gasteiger partial charge in [0.15, 0.2) is 0 Å². The van der Waals surface area contributed by atoms with Gasteiger partial charge >= 0.3 is 11.9 Å². The van der Waals surface area contributed by atoms with E-state index in [1.807, 2.05) is 0 Å². The van der Waals surface area contributed by atoms with Gasteiger partial charge < -0.3 is 18.9 Å². The number of carbonyl (C=O) groups is 2. The minimum Gasteiger partial charge on any atom is -0.462 e. The van der Waals surface area contributed by atoms with Crippen LogP contribution in [0.2, 0.25) is 0 Å². The van der Waals surface area contributed by atoms with E-state index in [4.69, 9.17) is 18.9 Å². The van der Waals surface area contributed by atoms with Crippen LogP contribution < -0.4 is 9.47 Å². The quantitative estimate of drug-likeness (QED) is 0.240. The lowest BCUT2D eigenvalue weighted by Gasteiger charge is -2.12. The predicted molar refractivity (Wildman–Crippen MR) is 118 cm³/mol. The average Bonchev–Trinajstić information content (AvgIpc) is 2.79. The highest BCUT2D eigenvalue weighted by atomic mass is 19.3. The maximum absolute atomic E-state index is 13.6. The van der Waals surface area contributed by atoms with E-state index in [0.29, 0.717) is 16.9 Å². The van der Waals surface area contributed by atoms with E-state index in [-0.39, 0.29) is 22.5 Å². The third kappa shape index (κ3) is 7.77. The van der Waals surface area contributed by atoms with Crippen molar-refractivity contribution >= 4 is 11.9 Å². The number of carbonyl (C=O) groups excluding carboxylic acids is 2. The third-order valence-electron chi connectivity index (χ3n) is 3.99. The summed E-state index contributed by atoms with van der Waals surface area (Å²) in [5.74, 6) is -0.657. The van der Waals surface area contributed by atoms with Gasteiger partial charge in [-0.1, -0.05) is 31.4 Å². The fraction of sp³-hybridized carbons (Fsp3) is 0.120. The molecule has 0 aliphatic carbocycles. The van der Waals surface area contributed by atoms with Crippen molar-refractivity contribution in [2.75, 3.05) is 0 Å². The molecule has 0 aliphatic heterocycles. The Kier molecular flexibility index (Phi) is 9.11. The molecule has 0 aromatic heterocycles. The number of rotatable bonds is 10. The molecule has 0 spiro atoms. The molecule has 0 bridgehead atoms. The normalized spacial score (nSPS) is 10.9. The third-order valence-corrected chi connectivity index (χ3v) is 3.99. The van der Waals surface area contributed by atoms with E-state index in [0.717, 1.165) is 18.8 Å². The molecule has 2 aromatic rings. The van der Waals surface area contributed by atoms with Crippen molar-refractivity contribution in [1.29, 1.82) is 0 Å². The molecule has 33 heavy (non-hydrogen) atoms. The first-order valence-corrected chi connectivity index (χ1v) is 9.58. The van der Waals surface area contributed by atoms with E-state index >= 15 is 0 Å².